The van der Waals surface area contributed by atoms with Crippen LogP contribution in [-0.2, 0) is 13.0 Å². The normalized spacial score (nSPS) is 13.3. The molecule has 4 N–H and O–H groups in total. The molecular weight excluding hydrogens is 269 g/mol. The van der Waals surface area contributed by atoms with Crippen LogP contribution in [0.5, 0.6) is 0 Å². The summed E-state index contributed by atoms with van der Waals surface area (Å²) >= 11 is 0. The Hall–Kier alpha value is -2.56. The zero-order valence-corrected chi connectivity index (χ0v) is 11.5. The van der Waals surface area contributed by atoms with Gasteiger partial charge in [0.2, 0.25) is 5.91 Å². The third-order valence-electron chi connectivity index (χ3n) is 3.79. The lowest BCUT2D eigenvalue weighted by molar-refractivity contribution is 0.1000. The number of nitrogens with zero attached hydrogens (tertiary/aromatic N) is 1. The fourth-order valence-corrected chi connectivity index (χ4v) is 2.71. The van der Waals surface area contributed by atoms with Gasteiger partial charge in [0.15, 0.2) is 0 Å². The third kappa shape index (κ3) is 2.54. The molecule has 0 fully saturated rings. The maximum absolute atomic E-state index is 13.9. The summed E-state index contributed by atoms with van der Waals surface area (Å²) in [4.78, 5) is 13.3. The Morgan fingerprint density at radius 3 is 2.81 bits per heavy atom. The number of amides is 1. The molecule has 1 aliphatic rings. The molecule has 108 valence electrons. The predicted octanol–water partition coefficient (Wildman–Crippen LogP) is 2.07. The Morgan fingerprint density at radius 1 is 1.24 bits per heavy atom. The number of carbonyl (C=O) groups excluding carboxylic acids is 1. The van der Waals surface area contributed by atoms with E-state index in [1.165, 1.54) is 23.8 Å². The number of nitrogens with two attached hydrogens (primary N) is 2. The Balaban J connectivity index is 1.89. The lowest BCUT2D eigenvalue weighted by Crippen LogP contribution is -2.21. The van der Waals surface area contributed by atoms with Gasteiger partial charge in [0.05, 0.1) is 0 Å². The van der Waals surface area contributed by atoms with Crippen LogP contribution in [0.1, 0.15) is 21.5 Å². The molecule has 0 radical (unpaired) electrons. The first kappa shape index (κ1) is 13.4. The van der Waals surface area contributed by atoms with Crippen LogP contribution in [0.3, 0.4) is 0 Å². The first-order valence-electron chi connectivity index (χ1n) is 6.76. The second kappa shape index (κ2) is 5.09. The maximum atomic E-state index is 13.9. The summed E-state index contributed by atoms with van der Waals surface area (Å²) in [5, 5.41) is 0. The van der Waals surface area contributed by atoms with Crippen molar-refractivity contribution in [3.05, 3.63) is 58.9 Å². The fraction of sp³-hybridized carbons (Fsp3) is 0.188. The van der Waals surface area contributed by atoms with E-state index in [1.54, 1.807) is 0 Å². The summed E-state index contributed by atoms with van der Waals surface area (Å²) in [6.45, 7) is 1.21. The van der Waals surface area contributed by atoms with Gasteiger partial charge in [0.25, 0.3) is 0 Å². The third-order valence-corrected chi connectivity index (χ3v) is 3.79. The van der Waals surface area contributed by atoms with Gasteiger partial charge in [0.1, 0.15) is 5.82 Å². The summed E-state index contributed by atoms with van der Waals surface area (Å²) in [5.74, 6) is -0.880. The number of hydrogen-bond donors (Lipinski definition) is 2. The topological polar surface area (TPSA) is 72.4 Å². The van der Waals surface area contributed by atoms with E-state index in [0.29, 0.717) is 17.7 Å². The average Bonchev–Trinajstić information content (AvgIpc) is 2.83. The van der Waals surface area contributed by atoms with E-state index >= 15 is 0 Å². The molecule has 0 spiro atoms. The zero-order valence-electron chi connectivity index (χ0n) is 11.5. The van der Waals surface area contributed by atoms with Gasteiger partial charge in [-0.2, -0.15) is 0 Å². The summed E-state index contributed by atoms with van der Waals surface area (Å²) in [5.41, 5.74) is 14.8. The second-order valence-electron chi connectivity index (χ2n) is 5.23. The van der Waals surface area contributed by atoms with E-state index < -0.39 is 5.91 Å². The summed E-state index contributed by atoms with van der Waals surface area (Å²) < 4.78 is 13.9. The molecule has 0 atom stereocenters. The van der Waals surface area contributed by atoms with Crippen LogP contribution < -0.4 is 16.4 Å². The van der Waals surface area contributed by atoms with Crippen molar-refractivity contribution in [2.24, 2.45) is 5.73 Å². The highest BCUT2D eigenvalue weighted by atomic mass is 19.1. The second-order valence-corrected chi connectivity index (χ2v) is 5.23. The average molecular weight is 285 g/mol. The van der Waals surface area contributed by atoms with Crippen LogP contribution >= 0.6 is 0 Å². The molecule has 0 saturated carbocycles. The summed E-state index contributed by atoms with van der Waals surface area (Å²) in [7, 11) is 0. The Kier molecular flexibility index (Phi) is 3.25. The highest BCUT2D eigenvalue weighted by Crippen LogP contribution is 2.31. The largest absolute Gasteiger partial charge is 0.399 e. The van der Waals surface area contributed by atoms with Crippen LogP contribution in [0.25, 0.3) is 0 Å². The molecule has 3 rings (SSSR count). The van der Waals surface area contributed by atoms with Gasteiger partial charge in [-0.1, -0.05) is 0 Å². The maximum Gasteiger partial charge on any atom is 0.248 e. The molecule has 0 unspecified atom stereocenters. The molecular formula is C16H16FN3O. The minimum atomic E-state index is -0.550. The molecule has 1 heterocycles. The number of benzene rings is 2. The quantitative estimate of drug-likeness (QED) is 0.848. The molecule has 1 aliphatic heterocycles. The molecule has 4 nitrogen and oxygen atoms in total. The predicted molar refractivity (Wildman–Crippen MR) is 80.5 cm³/mol. The molecule has 21 heavy (non-hydrogen) atoms. The highest BCUT2D eigenvalue weighted by molar-refractivity contribution is 5.92. The molecule has 2 aromatic rings. The number of nitrogen functional groups attached to an aromatic ring is 1. The first-order chi connectivity index (χ1) is 10.0. The van der Waals surface area contributed by atoms with E-state index in [9.17, 15) is 9.18 Å². The number of hydrogen-bond acceptors (Lipinski definition) is 3. The number of halogens is 1. The lowest BCUT2D eigenvalue weighted by atomic mass is 10.1. The van der Waals surface area contributed by atoms with Gasteiger partial charge in [-0.25, -0.2) is 4.39 Å². The van der Waals surface area contributed by atoms with Crippen molar-refractivity contribution < 1.29 is 9.18 Å². The van der Waals surface area contributed by atoms with E-state index in [0.717, 1.165) is 24.3 Å². The Labute approximate surface area is 122 Å². The number of primary amides is 1. The SMILES string of the molecule is NC(=O)c1ccc(F)c(CN2CCc3cc(N)ccc32)c1. The Morgan fingerprint density at radius 2 is 2.05 bits per heavy atom. The van der Waals surface area contributed by atoms with Gasteiger partial charge in [-0.3, -0.25) is 4.79 Å². The summed E-state index contributed by atoms with van der Waals surface area (Å²) in [6, 6.07) is 9.95. The van der Waals surface area contributed by atoms with Gasteiger partial charge < -0.3 is 16.4 Å². The van der Waals surface area contributed by atoms with Crippen LogP contribution in [0.2, 0.25) is 0 Å². The van der Waals surface area contributed by atoms with E-state index in [2.05, 4.69) is 4.90 Å². The molecule has 5 heteroatoms. The van der Waals surface area contributed by atoms with Crippen molar-refractivity contribution in [3.8, 4) is 0 Å². The minimum Gasteiger partial charge on any atom is -0.399 e. The molecule has 0 bridgehead atoms. The van der Waals surface area contributed by atoms with Crippen molar-refractivity contribution in [2.75, 3.05) is 17.2 Å². The molecule has 2 aromatic carbocycles. The van der Waals surface area contributed by atoms with Crippen molar-refractivity contribution in [1.29, 1.82) is 0 Å². The summed E-state index contributed by atoms with van der Waals surface area (Å²) in [6.07, 6.45) is 0.886. The number of carbonyl (C=O) groups is 1. The molecule has 0 saturated heterocycles. The van der Waals surface area contributed by atoms with Crippen molar-refractivity contribution in [1.82, 2.24) is 0 Å². The van der Waals surface area contributed by atoms with Crippen LogP contribution in [-0.4, -0.2) is 12.5 Å². The fourth-order valence-electron chi connectivity index (χ4n) is 2.71. The van der Waals surface area contributed by atoms with Crippen LogP contribution in [0, 0.1) is 5.82 Å². The van der Waals surface area contributed by atoms with Crippen molar-refractivity contribution >= 4 is 17.3 Å². The standard InChI is InChI=1S/C16H16FN3O/c17-14-3-1-11(16(19)21)7-12(14)9-20-6-5-10-8-13(18)2-4-15(10)20/h1-4,7-8H,5-6,9,18H2,(H2,19,21). The smallest absolute Gasteiger partial charge is 0.248 e. The monoisotopic (exact) mass is 285 g/mol. The molecule has 0 aliphatic carbocycles. The number of rotatable bonds is 3. The van der Waals surface area contributed by atoms with Gasteiger partial charge in [-0.05, 0) is 48.4 Å². The first-order valence-corrected chi connectivity index (χ1v) is 6.76. The van der Waals surface area contributed by atoms with Crippen LogP contribution in [0.15, 0.2) is 36.4 Å². The lowest BCUT2D eigenvalue weighted by Gasteiger charge is -2.20. The van der Waals surface area contributed by atoms with Crippen LogP contribution in [0.4, 0.5) is 15.8 Å². The highest BCUT2D eigenvalue weighted by Gasteiger charge is 2.20. The minimum absolute atomic E-state index is 0.322. The van der Waals surface area contributed by atoms with Crippen molar-refractivity contribution in [3.63, 3.8) is 0 Å². The van der Waals surface area contributed by atoms with Crippen molar-refractivity contribution in [2.45, 2.75) is 13.0 Å². The van der Waals surface area contributed by atoms with E-state index in [1.807, 2.05) is 18.2 Å². The van der Waals surface area contributed by atoms with Gasteiger partial charge in [0, 0.05) is 35.6 Å². The van der Waals surface area contributed by atoms with E-state index in [-0.39, 0.29) is 5.82 Å². The molecule has 0 aromatic heterocycles. The van der Waals surface area contributed by atoms with Gasteiger partial charge in [-0.15, -0.1) is 0 Å². The van der Waals surface area contributed by atoms with E-state index in [4.69, 9.17) is 11.5 Å². The van der Waals surface area contributed by atoms with Gasteiger partial charge >= 0.3 is 0 Å². The number of fused-ring (bicyclic) bond motifs is 1. The number of anilines is 2. The zero-order chi connectivity index (χ0) is 15.0. The molecule has 1 amide bonds. The Bertz CT molecular complexity index is 715.